The highest BCUT2D eigenvalue weighted by molar-refractivity contribution is 5.59. The van der Waals surface area contributed by atoms with Gasteiger partial charge in [0.1, 0.15) is 17.4 Å². The van der Waals surface area contributed by atoms with Crippen LogP contribution in [0, 0.1) is 28.6 Å². The smallest absolute Gasteiger partial charge is 0.181 e. The molecule has 1 rings (SSSR count). The van der Waals surface area contributed by atoms with Crippen LogP contribution in [0.15, 0.2) is 18.2 Å². The Labute approximate surface area is 68.7 Å². The number of rotatable bonds is 1. The lowest BCUT2D eigenvalue weighted by Gasteiger charge is -1.99. The predicted octanol–water partition coefficient (Wildman–Crippen LogP) is 1.59. The molecular formula is C8H4FN3. The van der Waals surface area contributed by atoms with Crippen molar-refractivity contribution in [3.63, 3.8) is 0 Å². The molecule has 1 aromatic carbocycles. The van der Waals surface area contributed by atoms with Crippen LogP contribution in [-0.4, -0.2) is 0 Å². The van der Waals surface area contributed by atoms with Crippen molar-refractivity contribution in [2.24, 2.45) is 0 Å². The molecular weight excluding hydrogens is 157 g/mol. The fraction of sp³-hybridized carbons (Fsp3) is 0. The molecule has 58 valence electrons. The molecule has 0 atom stereocenters. The molecule has 3 nitrogen and oxygen atoms in total. The van der Waals surface area contributed by atoms with E-state index in [4.69, 9.17) is 10.5 Å². The van der Waals surface area contributed by atoms with Crippen LogP contribution in [0.3, 0.4) is 0 Å². The van der Waals surface area contributed by atoms with E-state index in [0.717, 1.165) is 0 Å². The van der Waals surface area contributed by atoms with Crippen LogP contribution in [0.1, 0.15) is 5.56 Å². The SMILES string of the molecule is N#CNc1cccc(F)c1C#N. The summed E-state index contributed by atoms with van der Waals surface area (Å²) >= 11 is 0. The first-order chi connectivity index (χ1) is 5.79. The maximum absolute atomic E-state index is 12.8. The van der Waals surface area contributed by atoms with Gasteiger partial charge in [-0.15, -0.1) is 0 Å². The lowest BCUT2D eigenvalue weighted by molar-refractivity contribution is 0.624. The molecule has 0 saturated carbocycles. The Morgan fingerprint density at radius 2 is 2.08 bits per heavy atom. The summed E-state index contributed by atoms with van der Waals surface area (Å²) in [6.07, 6.45) is 1.62. The first-order valence-corrected chi connectivity index (χ1v) is 3.13. The Morgan fingerprint density at radius 3 is 2.67 bits per heavy atom. The molecule has 0 spiro atoms. The maximum atomic E-state index is 12.8. The van der Waals surface area contributed by atoms with Crippen molar-refractivity contribution in [2.75, 3.05) is 5.32 Å². The second-order valence-electron chi connectivity index (χ2n) is 2.01. The molecule has 0 aliphatic heterocycles. The van der Waals surface area contributed by atoms with Crippen LogP contribution in [0.25, 0.3) is 0 Å². The van der Waals surface area contributed by atoms with Gasteiger partial charge in [0.05, 0.1) is 5.69 Å². The molecule has 12 heavy (non-hydrogen) atoms. The summed E-state index contributed by atoms with van der Waals surface area (Å²) in [5.41, 5.74) is 0.0547. The largest absolute Gasteiger partial charge is 0.291 e. The van der Waals surface area contributed by atoms with Crippen molar-refractivity contribution >= 4 is 5.69 Å². The van der Waals surface area contributed by atoms with Gasteiger partial charge < -0.3 is 0 Å². The van der Waals surface area contributed by atoms with Crippen LogP contribution in [0.2, 0.25) is 0 Å². The van der Waals surface area contributed by atoms with Gasteiger partial charge in [-0.05, 0) is 12.1 Å². The summed E-state index contributed by atoms with van der Waals surface area (Å²) in [7, 11) is 0. The van der Waals surface area contributed by atoms with Gasteiger partial charge in [-0.1, -0.05) is 6.07 Å². The minimum absolute atomic E-state index is 0.140. The predicted molar refractivity (Wildman–Crippen MR) is 40.4 cm³/mol. The number of nitrogens with one attached hydrogen (secondary N) is 1. The minimum atomic E-state index is -0.627. The number of halogens is 1. The van der Waals surface area contributed by atoms with Gasteiger partial charge in [-0.25, -0.2) is 4.39 Å². The summed E-state index contributed by atoms with van der Waals surface area (Å²) in [6.45, 7) is 0. The third kappa shape index (κ3) is 1.33. The van der Waals surface area contributed by atoms with Gasteiger partial charge in [-0.3, -0.25) is 5.32 Å². The Balaban J connectivity index is 3.23. The zero-order valence-electron chi connectivity index (χ0n) is 6.00. The fourth-order valence-corrected chi connectivity index (χ4v) is 0.802. The van der Waals surface area contributed by atoms with E-state index in [2.05, 4.69) is 5.32 Å². The normalized spacial score (nSPS) is 8.25. The summed E-state index contributed by atoms with van der Waals surface area (Å²) in [5.74, 6) is -0.627. The standard InChI is InChI=1S/C8H4FN3/c9-7-2-1-3-8(12-5-11)6(7)4-10/h1-3,12H. The third-order valence-electron chi connectivity index (χ3n) is 1.32. The number of anilines is 1. The average molecular weight is 161 g/mol. The molecule has 0 heterocycles. The van der Waals surface area contributed by atoms with E-state index in [1.807, 2.05) is 0 Å². The van der Waals surface area contributed by atoms with Gasteiger partial charge in [0.15, 0.2) is 6.19 Å². The lowest BCUT2D eigenvalue weighted by Crippen LogP contribution is -1.93. The summed E-state index contributed by atoms with van der Waals surface area (Å²) < 4.78 is 12.8. The van der Waals surface area contributed by atoms with Crippen LogP contribution in [0.4, 0.5) is 10.1 Å². The van der Waals surface area contributed by atoms with E-state index >= 15 is 0 Å². The molecule has 0 aliphatic carbocycles. The van der Waals surface area contributed by atoms with Crippen LogP contribution < -0.4 is 5.32 Å². The second kappa shape index (κ2) is 3.36. The minimum Gasteiger partial charge on any atom is -0.291 e. The first kappa shape index (κ1) is 8.03. The Hall–Kier alpha value is -2.07. The topological polar surface area (TPSA) is 59.6 Å². The second-order valence-corrected chi connectivity index (χ2v) is 2.01. The molecule has 0 bridgehead atoms. The van der Waals surface area contributed by atoms with E-state index in [1.54, 1.807) is 12.3 Å². The summed E-state index contributed by atoms with van der Waals surface area (Å²) in [6, 6.07) is 5.72. The van der Waals surface area contributed by atoms with Gasteiger partial charge >= 0.3 is 0 Å². The number of nitrogens with zero attached hydrogens (tertiary/aromatic N) is 2. The van der Waals surface area contributed by atoms with Crippen LogP contribution >= 0.6 is 0 Å². The average Bonchev–Trinajstić information content (AvgIpc) is 2.05. The number of benzene rings is 1. The molecule has 0 saturated heterocycles. The summed E-state index contributed by atoms with van der Waals surface area (Å²) in [5, 5.41) is 18.9. The lowest BCUT2D eigenvalue weighted by atomic mass is 10.2. The zero-order valence-corrected chi connectivity index (χ0v) is 6.00. The van der Waals surface area contributed by atoms with Crippen molar-refractivity contribution in [1.29, 1.82) is 10.5 Å². The number of hydrogen-bond donors (Lipinski definition) is 1. The molecule has 0 fully saturated rings. The molecule has 0 aliphatic rings. The first-order valence-electron chi connectivity index (χ1n) is 3.13. The van der Waals surface area contributed by atoms with E-state index < -0.39 is 5.82 Å². The van der Waals surface area contributed by atoms with Crippen molar-refractivity contribution in [3.8, 4) is 12.3 Å². The zero-order chi connectivity index (χ0) is 8.97. The van der Waals surface area contributed by atoms with E-state index in [1.165, 1.54) is 18.2 Å². The highest BCUT2D eigenvalue weighted by Crippen LogP contribution is 2.16. The molecule has 1 aromatic rings. The van der Waals surface area contributed by atoms with Gasteiger partial charge in [0.25, 0.3) is 0 Å². The van der Waals surface area contributed by atoms with Gasteiger partial charge in [0.2, 0.25) is 0 Å². The van der Waals surface area contributed by atoms with Crippen LogP contribution in [-0.2, 0) is 0 Å². The summed E-state index contributed by atoms with van der Waals surface area (Å²) in [4.78, 5) is 0. The highest BCUT2D eigenvalue weighted by atomic mass is 19.1. The third-order valence-corrected chi connectivity index (χ3v) is 1.32. The van der Waals surface area contributed by atoms with Crippen molar-refractivity contribution in [2.45, 2.75) is 0 Å². The quantitative estimate of drug-likeness (QED) is 0.502. The number of hydrogen-bond acceptors (Lipinski definition) is 3. The van der Waals surface area contributed by atoms with Crippen molar-refractivity contribution in [3.05, 3.63) is 29.6 Å². The van der Waals surface area contributed by atoms with Crippen molar-refractivity contribution < 1.29 is 4.39 Å². The Kier molecular flexibility index (Phi) is 2.25. The fourth-order valence-electron chi connectivity index (χ4n) is 0.802. The highest BCUT2D eigenvalue weighted by Gasteiger charge is 2.05. The van der Waals surface area contributed by atoms with E-state index in [-0.39, 0.29) is 11.3 Å². The van der Waals surface area contributed by atoms with E-state index in [0.29, 0.717) is 0 Å². The van der Waals surface area contributed by atoms with E-state index in [9.17, 15) is 4.39 Å². The molecule has 0 amide bonds. The molecule has 1 N–H and O–H groups in total. The van der Waals surface area contributed by atoms with Gasteiger partial charge in [-0.2, -0.15) is 10.5 Å². The monoisotopic (exact) mass is 161 g/mol. The molecule has 0 unspecified atom stereocenters. The molecule has 4 heteroatoms. The maximum Gasteiger partial charge on any atom is 0.181 e. The molecule has 0 aromatic heterocycles. The van der Waals surface area contributed by atoms with Crippen molar-refractivity contribution in [1.82, 2.24) is 0 Å². The van der Waals surface area contributed by atoms with Crippen LogP contribution in [0.5, 0.6) is 0 Å². The molecule has 0 radical (unpaired) electrons. The Bertz CT molecular complexity index is 373. The Morgan fingerprint density at radius 1 is 1.33 bits per heavy atom. The van der Waals surface area contributed by atoms with Gasteiger partial charge in [0, 0.05) is 0 Å². The number of nitriles is 2.